The average Bonchev–Trinajstić information content (AvgIpc) is 2.82. The molecule has 4 nitrogen and oxygen atoms in total. The van der Waals surface area contributed by atoms with Crippen molar-refractivity contribution >= 4 is 12.0 Å². The van der Waals surface area contributed by atoms with Crippen LogP contribution in [0.4, 0.5) is 0 Å². The van der Waals surface area contributed by atoms with Gasteiger partial charge in [0.2, 0.25) is 0 Å². The van der Waals surface area contributed by atoms with Crippen molar-refractivity contribution in [1.82, 2.24) is 9.80 Å². The summed E-state index contributed by atoms with van der Waals surface area (Å²) in [6.45, 7) is 3.17. The largest absolute Gasteiger partial charge is 0.478 e. The van der Waals surface area contributed by atoms with E-state index >= 15 is 0 Å². The van der Waals surface area contributed by atoms with Crippen LogP contribution in [-0.2, 0) is 11.3 Å². The minimum absolute atomic E-state index is 0.657. The molecule has 1 fully saturated rings. The molecule has 1 aromatic rings. The van der Waals surface area contributed by atoms with Gasteiger partial charge in [-0.1, -0.05) is 24.3 Å². The number of aliphatic carboxylic acids is 1. The summed E-state index contributed by atoms with van der Waals surface area (Å²) in [7, 11) is 4.34. The maximum atomic E-state index is 10.6. The van der Waals surface area contributed by atoms with Crippen LogP contribution in [0.15, 0.2) is 30.3 Å². The molecule has 1 saturated heterocycles. The van der Waals surface area contributed by atoms with Crippen molar-refractivity contribution in [3.8, 4) is 0 Å². The fourth-order valence-corrected chi connectivity index (χ4v) is 2.91. The van der Waals surface area contributed by atoms with E-state index in [9.17, 15) is 4.79 Å². The third-order valence-electron chi connectivity index (χ3n) is 4.02. The summed E-state index contributed by atoms with van der Waals surface area (Å²) in [5, 5.41) is 8.67. The maximum Gasteiger partial charge on any atom is 0.328 e. The normalized spacial score (nSPS) is 19.7. The van der Waals surface area contributed by atoms with Crippen molar-refractivity contribution in [2.24, 2.45) is 0 Å². The molecule has 1 unspecified atom stereocenters. The van der Waals surface area contributed by atoms with Crippen LogP contribution >= 0.6 is 0 Å². The van der Waals surface area contributed by atoms with Gasteiger partial charge in [0.15, 0.2) is 0 Å². The quantitative estimate of drug-likeness (QED) is 0.816. The van der Waals surface area contributed by atoms with E-state index in [1.54, 1.807) is 6.08 Å². The Bertz CT molecular complexity index is 513. The Morgan fingerprint density at radius 3 is 3.00 bits per heavy atom. The Labute approximate surface area is 126 Å². The van der Waals surface area contributed by atoms with Gasteiger partial charge in [-0.3, -0.25) is 0 Å². The summed E-state index contributed by atoms with van der Waals surface area (Å²) in [4.78, 5) is 15.3. The maximum absolute atomic E-state index is 10.6. The van der Waals surface area contributed by atoms with Gasteiger partial charge in [0.1, 0.15) is 0 Å². The Balaban J connectivity index is 1.92. The number of carboxylic acids is 1. The molecule has 0 spiro atoms. The second kappa shape index (κ2) is 7.38. The number of hydrogen-bond donors (Lipinski definition) is 1. The zero-order valence-corrected chi connectivity index (χ0v) is 12.8. The summed E-state index contributed by atoms with van der Waals surface area (Å²) < 4.78 is 0. The Morgan fingerprint density at radius 2 is 2.33 bits per heavy atom. The zero-order valence-electron chi connectivity index (χ0n) is 12.8. The molecule has 21 heavy (non-hydrogen) atoms. The first-order chi connectivity index (χ1) is 10.0. The fraction of sp³-hybridized carbons (Fsp3) is 0.471. The van der Waals surface area contributed by atoms with Gasteiger partial charge < -0.3 is 14.9 Å². The third kappa shape index (κ3) is 4.99. The lowest BCUT2D eigenvalue weighted by Gasteiger charge is -2.25. The lowest BCUT2D eigenvalue weighted by atomic mass is 10.1. The summed E-state index contributed by atoms with van der Waals surface area (Å²) in [6.07, 6.45) is 5.39. The summed E-state index contributed by atoms with van der Waals surface area (Å²) in [5.41, 5.74) is 2.15. The summed E-state index contributed by atoms with van der Waals surface area (Å²) in [6, 6.07) is 8.70. The minimum Gasteiger partial charge on any atom is -0.478 e. The molecule has 1 N–H and O–H groups in total. The summed E-state index contributed by atoms with van der Waals surface area (Å²) in [5.74, 6) is -0.915. The molecule has 0 bridgehead atoms. The van der Waals surface area contributed by atoms with Gasteiger partial charge in [-0.25, -0.2) is 4.79 Å². The van der Waals surface area contributed by atoms with Crippen LogP contribution < -0.4 is 0 Å². The summed E-state index contributed by atoms with van der Waals surface area (Å²) >= 11 is 0. The first-order valence-corrected chi connectivity index (χ1v) is 7.43. The topological polar surface area (TPSA) is 43.8 Å². The molecule has 2 rings (SSSR count). The molecule has 0 radical (unpaired) electrons. The number of likely N-dealkylation sites (tertiary alicyclic amines) is 1. The number of benzene rings is 1. The van der Waals surface area contributed by atoms with Crippen LogP contribution in [0.5, 0.6) is 0 Å². The Morgan fingerprint density at radius 1 is 1.52 bits per heavy atom. The Kier molecular flexibility index (Phi) is 5.53. The second-order valence-electron chi connectivity index (χ2n) is 5.89. The fourth-order valence-electron chi connectivity index (χ4n) is 2.91. The monoisotopic (exact) mass is 288 g/mol. The number of carbonyl (C=O) groups is 1. The predicted octanol–water partition coefficient (Wildman–Crippen LogP) is 2.31. The van der Waals surface area contributed by atoms with Crippen molar-refractivity contribution in [2.45, 2.75) is 25.4 Å². The Hall–Kier alpha value is -1.65. The average molecular weight is 288 g/mol. The number of hydrogen-bond acceptors (Lipinski definition) is 3. The molecule has 0 aliphatic carbocycles. The molecule has 0 aromatic heterocycles. The predicted molar refractivity (Wildman–Crippen MR) is 85.1 cm³/mol. The smallest absolute Gasteiger partial charge is 0.328 e. The van der Waals surface area contributed by atoms with E-state index in [4.69, 9.17) is 5.11 Å². The van der Waals surface area contributed by atoms with Crippen LogP contribution in [0.3, 0.4) is 0 Å². The molecule has 0 amide bonds. The van der Waals surface area contributed by atoms with Gasteiger partial charge in [0.05, 0.1) is 0 Å². The van der Waals surface area contributed by atoms with Crippen molar-refractivity contribution < 1.29 is 9.90 Å². The third-order valence-corrected chi connectivity index (χ3v) is 4.02. The number of rotatable bonds is 6. The van der Waals surface area contributed by atoms with Crippen LogP contribution in [-0.4, -0.2) is 54.1 Å². The van der Waals surface area contributed by atoms with E-state index in [1.165, 1.54) is 31.0 Å². The van der Waals surface area contributed by atoms with Crippen LogP contribution in [0.25, 0.3) is 6.08 Å². The molecule has 0 saturated carbocycles. The van der Waals surface area contributed by atoms with Crippen molar-refractivity contribution in [3.05, 3.63) is 41.5 Å². The molecule has 1 aliphatic rings. The first kappa shape index (κ1) is 15.7. The van der Waals surface area contributed by atoms with Gasteiger partial charge in [0.25, 0.3) is 0 Å². The van der Waals surface area contributed by atoms with Gasteiger partial charge in [-0.15, -0.1) is 0 Å². The standard InChI is InChI=1S/C17H24N2O2/c1-18(13-16-7-4-10-19(16)2)12-15-6-3-5-14(11-15)8-9-17(20)21/h3,5-6,8-9,11,16H,4,7,10,12-13H2,1-2H3,(H,20,21). The van der Waals surface area contributed by atoms with Gasteiger partial charge in [-0.05, 0) is 50.7 Å². The minimum atomic E-state index is -0.915. The van der Waals surface area contributed by atoms with E-state index in [2.05, 4.69) is 30.0 Å². The molecule has 1 aliphatic heterocycles. The lowest BCUT2D eigenvalue weighted by molar-refractivity contribution is -0.131. The number of nitrogens with zero attached hydrogens (tertiary/aromatic N) is 2. The highest BCUT2D eigenvalue weighted by Gasteiger charge is 2.21. The highest BCUT2D eigenvalue weighted by molar-refractivity contribution is 5.85. The molecular formula is C17H24N2O2. The van der Waals surface area contributed by atoms with Gasteiger partial charge in [0, 0.05) is 25.2 Å². The SMILES string of the molecule is CN(Cc1cccc(C=CC(=O)O)c1)CC1CCCN1C. The van der Waals surface area contributed by atoms with Crippen molar-refractivity contribution in [3.63, 3.8) is 0 Å². The van der Waals surface area contributed by atoms with Crippen LogP contribution in [0.1, 0.15) is 24.0 Å². The second-order valence-corrected chi connectivity index (χ2v) is 5.89. The number of carboxylic acid groups (broad SMARTS) is 1. The first-order valence-electron chi connectivity index (χ1n) is 7.43. The molecule has 4 heteroatoms. The lowest BCUT2D eigenvalue weighted by Crippen LogP contribution is -2.36. The molecular weight excluding hydrogens is 264 g/mol. The molecule has 1 aromatic carbocycles. The van der Waals surface area contributed by atoms with E-state index in [1.807, 2.05) is 18.2 Å². The molecule has 114 valence electrons. The van der Waals surface area contributed by atoms with E-state index in [0.29, 0.717) is 6.04 Å². The highest BCUT2D eigenvalue weighted by atomic mass is 16.4. The van der Waals surface area contributed by atoms with Gasteiger partial charge >= 0.3 is 5.97 Å². The van der Waals surface area contributed by atoms with Crippen molar-refractivity contribution in [1.29, 1.82) is 0 Å². The van der Waals surface area contributed by atoms with E-state index in [0.717, 1.165) is 18.7 Å². The van der Waals surface area contributed by atoms with Crippen LogP contribution in [0, 0.1) is 0 Å². The zero-order chi connectivity index (χ0) is 15.2. The van der Waals surface area contributed by atoms with E-state index in [-0.39, 0.29) is 0 Å². The van der Waals surface area contributed by atoms with Crippen molar-refractivity contribution in [2.75, 3.05) is 27.2 Å². The van der Waals surface area contributed by atoms with Gasteiger partial charge in [-0.2, -0.15) is 0 Å². The molecule has 1 atom stereocenters. The van der Waals surface area contributed by atoms with E-state index < -0.39 is 5.97 Å². The number of likely N-dealkylation sites (N-methyl/N-ethyl adjacent to an activating group) is 2. The highest BCUT2D eigenvalue weighted by Crippen LogP contribution is 2.16. The van der Waals surface area contributed by atoms with Crippen LogP contribution in [0.2, 0.25) is 0 Å². The molecule has 1 heterocycles.